The predicted molar refractivity (Wildman–Crippen MR) is 91.8 cm³/mol. The molecule has 0 aliphatic heterocycles. The number of carbonyl (C=O) groups is 1. The number of nitrogens with zero attached hydrogens (tertiary/aromatic N) is 4. The van der Waals surface area contributed by atoms with Crippen LogP contribution in [0.2, 0.25) is 5.02 Å². The molecule has 1 amide bonds. The summed E-state index contributed by atoms with van der Waals surface area (Å²) < 4.78 is 42.6. The lowest BCUT2D eigenvalue weighted by atomic mass is 10.2. The topological polar surface area (TPSA) is 64.7 Å². The number of aromatic nitrogens is 4. The van der Waals surface area contributed by atoms with Gasteiger partial charge in [0.25, 0.3) is 0 Å². The van der Waals surface area contributed by atoms with Crippen molar-refractivity contribution >= 4 is 33.4 Å². The summed E-state index contributed by atoms with van der Waals surface area (Å²) in [7, 11) is 0. The third-order valence-electron chi connectivity index (χ3n) is 3.94. The van der Waals surface area contributed by atoms with E-state index in [1.807, 2.05) is 0 Å². The van der Waals surface area contributed by atoms with Crippen LogP contribution in [0.4, 0.5) is 13.2 Å². The second-order valence-electron chi connectivity index (χ2n) is 6.10. The first-order valence-corrected chi connectivity index (χ1v) is 9.21. The molecule has 3 rings (SSSR count). The van der Waals surface area contributed by atoms with Crippen LogP contribution < -0.4 is 5.32 Å². The van der Waals surface area contributed by atoms with E-state index in [4.69, 9.17) is 11.6 Å². The van der Waals surface area contributed by atoms with Crippen molar-refractivity contribution in [3.63, 3.8) is 0 Å². The van der Waals surface area contributed by atoms with E-state index in [2.05, 4.69) is 31.4 Å². The second kappa shape index (κ2) is 7.59. The highest BCUT2D eigenvalue weighted by molar-refractivity contribution is 9.10. The summed E-state index contributed by atoms with van der Waals surface area (Å²) in [5.41, 5.74) is -0.582. The molecule has 1 fully saturated rings. The van der Waals surface area contributed by atoms with Gasteiger partial charge in [-0.3, -0.25) is 14.2 Å². The van der Waals surface area contributed by atoms with Crippen molar-refractivity contribution in [2.24, 2.45) is 0 Å². The molecule has 0 unspecified atom stereocenters. The Kier molecular flexibility index (Phi) is 5.61. The zero-order valence-electron chi connectivity index (χ0n) is 13.6. The molecule has 142 valence electrons. The molecule has 0 radical (unpaired) electrons. The molecule has 2 aromatic rings. The van der Waals surface area contributed by atoms with Gasteiger partial charge in [0.05, 0.1) is 21.4 Å². The molecule has 1 saturated carbocycles. The summed E-state index contributed by atoms with van der Waals surface area (Å²) in [6.07, 6.45) is 0.762. The summed E-state index contributed by atoms with van der Waals surface area (Å²) >= 11 is 9.16. The summed E-state index contributed by atoms with van der Waals surface area (Å²) in [6, 6.07) is 0. The van der Waals surface area contributed by atoms with Crippen molar-refractivity contribution in [3.05, 3.63) is 33.3 Å². The maximum absolute atomic E-state index is 13.0. The normalized spacial score (nSPS) is 14.7. The molecule has 1 aliphatic carbocycles. The average molecular weight is 455 g/mol. The maximum atomic E-state index is 13.0. The van der Waals surface area contributed by atoms with Crippen LogP contribution in [0, 0.1) is 0 Å². The van der Waals surface area contributed by atoms with Gasteiger partial charge in [0.1, 0.15) is 6.54 Å². The molecule has 0 atom stereocenters. The van der Waals surface area contributed by atoms with Crippen molar-refractivity contribution < 1.29 is 18.0 Å². The lowest BCUT2D eigenvalue weighted by Crippen LogP contribution is -2.29. The van der Waals surface area contributed by atoms with E-state index in [1.165, 1.54) is 9.36 Å². The van der Waals surface area contributed by atoms with Crippen LogP contribution in [-0.2, 0) is 24.1 Å². The number of carbonyl (C=O) groups excluding carboxylic acids is 1. The predicted octanol–water partition coefficient (Wildman–Crippen LogP) is 3.60. The average Bonchev–Trinajstić information content (AvgIpc) is 3.20. The van der Waals surface area contributed by atoms with Crippen LogP contribution in [0.1, 0.15) is 36.6 Å². The van der Waals surface area contributed by atoms with Crippen LogP contribution in [0.15, 0.2) is 16.9 Å². The largest absolute Gasteiger partial charge is 0.436 e. The molecular weight excluding hydrogens is 439 g/mol. The van der Waals surface area contributed by atoms with E-state index in [-0.39, 0.29) is 29.9 Å². The Morgan fingerprint density at radius 3 is 2.73 bits per heavy atom. The lowest BCUT2D eigenvalue weighted by Gasteiger charge is -2.08. The number of hydrogen-bond acceptors (Lipinski definition) is 3. The van der Waals surface area contributed by atoms with Crippen molar-refractivity contribution in [2.75, 3.05) is 6.54 Å². The number of nitrogens with one attached hydrogen (secondary N) is 1. The SMILES string of the molecule is O=C(Cn1cc(Br)cn1)NCCCn1nc(C(F)(F)F)c(Cl)c1C1CC1. The monoisotopic (exact) mass is 453 g/mol. The molecule has 6 nitrogen and oxygen atoms in total. The summed E-state index contributed by atoms with van der Waals surface area (Å²) in [5, 5.41) is 10.1. The number of amides is 1. The summed E-state index contributed by atoms with van der Waals surface area (Å²) in [6.45, 7) is 0.657. The van der Waals surface area contributed by atoms with Gasteiger partial charge in [0.15, 0.2) is 5.69 Å². The van der Waals surface area contributed by atoms with E-state index in [0.29, 0.717) is 18.7 Å². The van der Waals surface area contributed by atoms with Crippen molar-refractivity contribution in [3.8, 4) is 0 Å². The van der Waals surface area contributed by atoms with Crippen LogP contribution >= 0.6 is 27.5 Å². The van der Waals surface area contributed by atoms with Crippen molar-refractivity contribution in [1.82, 2.24) is 24.9 Å². The maximum Gasteiger partial charge on any atom is 0.436 e. The quantitative estimate of drug-likeness (QED) is 0.650. The fraction of sp³-hybridized carbons (Fsp3) is 0.533. The molecule has 2 aromatic heterocycles. The molecule has 11 heteroatoms. The van der Waals surface area contributed by atoms with Gasteiger partial charge in [-0.1, -0.05) is 11.6 Å². The molecule has 0 spiro atoms. The van der Waals surface area contributed by atoms with Crippen molar-refractivity contribution in [2.45, 2.75) is 44.4 Å². The van der Waals surface area contributed by atoms with Crippen LogP contribution in [0.3, 0.4) is 0 Å². The number of rotatable bonds is 7. The number of alkyl halides is 3. The number of hydrogen-bond donors (Lipinski definition) is 1. The minimum atomic E-state index is -4.57. The molecule has 26 heavy (non-hydrogen) atoms. The zero-order valence-corrected chi connectivity index (χ0v) is 15.9. The van der Waals surface area contributed by atoms with Gasteiger partial charge in [-0.05, 0) is 35.2 Å². The molecule has 0 aromatic carbocycles. The van der Waals surface area contributed by atoms with Crippen molar-refractivity contribution in [1.29, 1.82) is 0 Å². The van der Waals surface area contributed by atoms with E-state index in [9.17, 15) is 18.0 Å². The minimum absolute atomic E-state index is 0.0407. The molecule has 0 bridgehead atoms. The Hall–Kier alpha value is -1.55. The highest BCUT2D eigenvalue weighted by Crippen LogP contribution is 2.46. The molecule has 2 heterocycles. The van der Waals surface area contributed by atoms with E-state index < -0.39 is 11.9 Å². The highest BCUT2D eigenvalue weighted by Gasteiger charge is 2.41. The Morgan fingerprint density at radius 2 is 2.15 bits per heavy atom. The fourth-order valence-electron chi connectivity index (χ4n) is 2.64. The third-order valence-corrected chi connectivity index (χ3v) is 4.72. The van der Waals surface area contributed by atoms with Gasteiger partial charge >= 0.3 is 6.18 Å². The fourth-order valence-corrected chi connectivity index (χ4v) is 3.36. The van der Waals surface area contributed by atoms with Gasteiger partial charge in [-0.2, -0.15) is 23.4 Å². The first kappa shape index (κ1) is 19.2. The Morgan fingerprint density at radius 1 is 1.42 bits per heavy atom. The van der Waals surface area contributed by atoms with E-state index in [0.717, 1.165) is 17.3 Å². The summed E-state index contributed by atoms with van der Waals surface area (Å²) in [4.78, 5) is 11.8. The molecule has 0 saturated heterocycles. The number of aryl methyl sites for hydroxylation is 1. The van der Waals surface area contributed by atoms with Crippen LogP contribution in [0.5, 0.6) is 0 Å². The third kappa shape index (κ3) is 4.59. The first-order chi connectivity index (χ1) is 12.3. The van der Waals surface area contributed by atoms with Gasteiger partial charge in [-0.15, -0.1) is 0 Å². The first-order valence-electron chi connectivity index (χ1n) is 8.03. The smallest absolute Gasteiger partial charge is 0.354 e. The van der Waals surface area contributed by atoms with Crippen LogP contribution in [0.25, 0.3) is 0 Å². The van der Waals surface area contributed by atoms with Gasteiger partial charge < -0.3 is 5.32 Å². The Balaban J connectivity index is 1.54. The molecule has 1 aliphatic rings. The molecular formula is C15H16BrClF3N5O. The Bertz CT molecular complexity index is 800. The molecule has 1 N–H and O–H groups in total. The van der Waals surface area contributed by atoms with E-state index >= 15 is 0 Å². The Labute approximate surface area is 160 Å². The number of halogens is 5. The highest BCUT2D eigenvalue weighted by atomic mass is 79.9. The lowest BCUT2D eigenvalue weighted by molar-refractivity contribution is -0.141. The standard InChI is InChI=1S/C15H16BrClF3N5O/c16-10-6-22-24(7-10)8-11(26)21-4-1-5-25-13(9-2-3-9)12(17)14(23-25)15(18,19)20/h6-7,9H,1-5,8H2,(H,21,26). The van der Waals surface area contributed by atoms with E-state index in [1.54, 1.807) is 12.4 Å². The second-order valence-corrected chi connectivity index (χ2v) is 7.40. The van der Waals surface area contributed by atoms with Gasteiger partial charge in [-0.25, -0.2) is 0 Å². The van der Waals surface area contributed by atoms with Gasteiger partial charge in [0, 0.05) is 25.2 Å². The minimum Gasteiger partial charge on any atom is -0.354 e. The van der Waals surface area contributed by atoms with Gasteiger partial charge in [0.2, 0.25) is 5.91 Å². The zero-order chi connectivity index (χ0) is 18.9. The summed E-state index contributed by atoms with van der Waals surface area (Å²) in [5.74, 6) is -0.184. The van der Waals surface area contributed by atoms with Crippen LogP contribution in [-0.4, -0.2) is 32.0 Å².